The highest BCUT2D eigenvalue weighted by Crippen LogP contribution is 2.44. The van der Waals surface area contributed by atoms with E-state index in [2.05, 4.69) is 20.5 Å². The van der Waals surface area contributed by atoms with Crippen molar-refractivity contribution in [2.24, 2.45) is 5.92 Å². The lowest BCUT2D eigenvalue weighted by molar-refractivity contribution is -0.160. The van der Waals surface area contributed by atoms with E-state index in [4.69, 9.17) is 9.72 Å². The molecule has 4 aromatic rings. The number of nitrogens with one attached hydrogen (secondary N) is 2. The summed E-state index contributed by atoms with van der Waals surface area (Å²) in [5.41, 5.74) is 5.64. The number of rotatable bonds is 9. The molecule has 0 unspecified atom stereocenters. The third-order valence-corrected chi connectivity index (χ3v) is 7.42. The minimum Gasteiger partial charge on any atom is -0.476 e. The Morgan fingerprint density at radius 1 is 1.05 bits per heavy atom. The molecule has 6 rings (SSSR count). The van der Waals surface area contributed by atoms with E-state index in [0.717, 1.165) is 40.0 Å². The number of ether oxygens (including phenoxy) is 1. The Labute approximate surface area is 236 Å². The molecule has 3 heterocycles. The van der Waals surface area contributed by atoms with Crippen LogP contribution in [0.15, 0.2) is 60.9 Å². The van der Waals surface area contributed by atoms with Gasteiger partial charge in [-0.15, -0.1) is 0 Å². The number of aromatic nitrogens is 4. The summed E-state index contributed by atoms with van der Waals surface area (Å²) < 4.78 is 32.6. The van der Waals surface area contributed by atoms with E-state index in [9.17, 15) is 13.6 Å². The van der Waals surface area contributed by atoms with Gasteiger partial charge in [0, 0.05) is 67.5 Å². The van der Waals surface area contributed by atoms with E-state index in [0.29, 0.717) is 37.2 Å². The maximum atomic E-state index is 13.3. The summed E-state index contributed by atoms with van der Waals surface area (Å²) in [5.74, 6) is -2.01. The maximum Gasteiger partial charge on any atom is 0.249 e. The largest absolute Gasteiger partial charge is 0.476 e. The molecule has 1 fully saturated rings. The van der Waals surface area contributed by atoms with Gasteiger partial charge in [-0.1, -0.05) is 24.3 Å². The molecule has 2 aliphatic rings. The molecule has 2 aromatic heterocycles. The smallest absolute Gasteiger partial charge is 0.249 e. The molecule has 1 saturated carbocycles. The van der Waals surface area contributed by atoms with Gasteiger partial charge in [0.2, 0.25) is 17.7 Å². The predicted octanol–water partition coefficient (Wildman–Crippen LogP) is 5.11. The van der Waals surface area contributed by atoms with Gasteiger partial charge in [0.15, 0.2) is 5.82 Å². The van der Waals surface area contributed by atoms with Gasteiger partial charge in [-0.05, 0) is 49.0 Å². The molecule has 0 bridgehead atoms. The van der Waals surface area contributed by atoms with Crippen molar-refractivity contribution in [1.29, 1.82) is 0 Å². The molecule has 2 N–H and O–H groups in total. The first-order chi connectivity index (χ1) is 19.7. The standard InChI is InChI=1S/C30H31F2N7O2/c1-38(2)9-10-41-27-12-26(35-25-7-5-19(6-8-25)24-15-33-34-16-24)36-28(37-27)20-3-4-21-17-39(18-22(21)11-20)29(40)23-13-30(31,32)14-23/h3-8,11-12,15-16,23H,9-10,13-14,17-18H2,1-2H3,(H,33,34)(H,35,36,37). The number of amides is 1. The fourth-order valence-corrected chi connectivity index (χ4v) is 5.11. The summed E-state index contributed by atoms with van der Waals surface area (Å²) in [7, 11) is 3.95. The number of benzene rings is 2. The van der Waals surface area contributed by atoms with Crippen molar-refractivity contribution in [3.8, 4) is 28.4 Å². The average Bonchev–Trinajstić information content (AvgIpc) is 3.61. The van der Waals surface area contributed by atoms with Crippen LogP contribution in [0.2, 0.25) is 0 Å². The molecular weight excluding hydrogens is 528 g/mol. The monoisotopic (exact) mass is 559 g/mol. The number of alkyl halides is 2. The van der Waals surface area contributed by atoms with Crippen molar-refractivity contribution in [2.45, 2.75) is 31.9 Å². The number of H-pyrrole nitrogens is 1. The fourth-order valence-electron chi connectivity index (χ4n) is 5.11. The Balaban J connectivity index is 1.22. The number of hydrogen-bond acceptors (Lipinski definition) is 7. The van der Waals surface area contributed by atoms with Crippen LogP contribution in [0.5, 0.6) is 5.88 Å². The second kappa shape index (κ2) is 10.9. The van der Waals surface area contributed by atoms with Crippen molar-refractivity contribution >= 4 is 17.4 Å². The Morgan fingerprint density at radius 2 is 1.80 bits per heavy atom. The van der Waals surface area contributed by atoms with Gasteiger partial charge in [-0.25, -0.2) is 13.8 Å². The zero-order valence-corrected chi connectivity index (χ0v) is 22.9. The van der Waals surface area contributed by atoms with Crippen LogP contribution in [0.25, 0.3) is 22.5 Å². The number of aromatic amines is 1. The van der Waals surface area contributed by atoms with Crippen molar-refractivity contribution in [1.82, 2.24) is 30.0 Å². The average molecular weight is 560 g/mol. The maximum absolute atomic E-state index is 13.3. The van der Waals surface area contributed by atoms with Gasteiger partial charge >= 0.3 is 0 Å². The van der Waals surface area contributed by atoms with E-state index in [-0.39, 0.29) is 18.7 Å². The Bertz CT molecular complexity index is 1530. The van der Waals surface area contributed by atoms with Crippen molar-refractivity contribution in [3.05, 3.63) is 72.1 Å². The van der Waals surface area contributed by atoms with Crippen LogP contribution in [0.4, 0.5) is 20.3 Å². The minimum atomic E-state index is -2.72. The summed E-state index contributed by atoms with van der Waals surface area (Å²) in [5, 5.41) is 10.2. The molecule has 0 spiro atoms. The molecule has 41 heavy (non-hydrogen) atoms. The summed E-state index contributed by atoms with van der Waals surface area (Å²) >= 11 is 0. The molecule has 9 nitrogen and oxygen atoms in total. The number of anilines is 2. The van der Waals surface area contributed by atoms with Gasteiger partial charge in [0.05, 0.1) is 6.20 Å². The first-order valence-corrected chi connectivity index (χ1v) is 13.5. The predicted molar refractivity (Wildman–Crippen MR) is 151 cm³/mol. The molecule has 0 atom stereocenters. The van der Waals surface area contributed by atoms with Gasteiger partial charge in [-0.2, -0.15) is 10.1 Å². The molecule has 1 aliphatic heterocycles. The number of halogens is 2. The first kappa shape index (κ1) is 26.8. The summed E-state index contributed by atoms with van der Waals surface area (Å²) in [4.78, 5) is 25.9. The Morgan fingerprint density at radius 3 is 2.51 bits per heavy atom. The van der Waals surface area contributed by atoms with Crippen LogP contribution < -0.4 is 10.1 Å². The Hall–Kier alpha value is -4.38. The van der Waals surface area contributed by atoms with E-state index in [1.165, 1.54) is 0 Å². The quantitative estimate of drug-likeness (QED) is 0.294. The molecular formula is C30H31F2N7O2. The van der Waals surface area contributed by atoms with Crippen molar-refractivity contribution in [3.63, 3.8) is 0 Å². The second-order valence-corrected chi connectivity index (χ2v) is 10.9. The topological polar surface area (TPSA) is 99.3 Å². The van der Waals surface area contributed by atoms with E-state index < -0.39 is 11.8 Å². The number of fused-ring (bicyclic) bond motifs is 1. The van der Waals surface area contributed by atoms with Crippen LogP contribution in [0.1, 0.15) is 24.0 Å². The van der Waals surface area contributed by atoms with E-state index in [1.54, 1.807) is 17.2 Å². The third-order valence-electron chi connectivity index (χ3n) is 7.42. The van der Waals surface area contributed by atoms with Gasteiger partial charge < -0.3 is 19.9 Å². The molecule has 0 saturated heterocycles. The normalized spacial score (nSPS) is 16.0. The van der Waals surface area contributed by atoms with Crippen LogP contribution >= 0.6 is 0 Å². The zero-order valence-electron chi connectivity index (χ0n) is 22.9. The molecule has 2 aromatic carbocycles. The van der Waals surface area contributed by atoms with Crippen LogP contribution in [-0.4, -0.2) is 69.0 Å². The molecule has 212 valence electrons. The SMILES string of the molecule is CN(C)CCOc1cc(Nc2ccc(-c3cn[nH]c3)cc2)nc(-c2ccc3c(c2)CN(C(=O)C2CC(F)(F)C2)C3)n1. The van der Waals surface area contributed by atoms with Crippen molar-refractivity contribution in [2.75, 3.05) is 32.6 Å². The van der Waals surface area contributed by atoms with E-state index >= 15 is 0 Å². The van der Waals surface area contributed by atoms with Crippen LogP contribution in [0, 0.1) is 5.92 Å². The van der Waals surface area contributed by atoms with Crippen molar-refractivity contribution < 1.29 is 18.3 Å². The highest BCUT2D eigenvalue weighted by molar-refractivity contribution is 5.81. The number of nitrogens with zero attached hydrogens (tertiary/aromatic N) is 5. The molecule has 0 radical (unpaired) electrons. The number of hydrogen-bond donors (Lipinski definition) is 2. The summed E-state index contributed by atoms with van der Waals surface area (Å²) in [6.07, 6.45) is 2.89. The number of likely N-dealkylation sites (N-methyl/N-ethyl adjacent to an activating group) is 1. The Kier molecular flexibility index (Phi) is 7.12. The van der Waals surface area contributed by atoms with Crippen LogP contribution in [0.3, 0.4) is 0 Å². The lowest BCUT2D eigenvalue weighted by Crippen LogP contribution is -2.45. The zero-order chi connectivity index (χ0) is 28.6. The minimum absolute atomic E-state index is 0.202. The molecule has 11 heteroatoms. The van der Waals surface area contributed by atoms with Gasteiger partial charge in [0.1, 0.15) is 12.4 Å². The van der Waals surface area contributed by atoms with Gasteiger partial charge in [0.25, 0.3) is 0 Å². The third kappa shape index (κ3) is 6.04. The highest BCUT2D eigenvalue weighted by atomic mass is 19.3. The van der Waals surface area contributed by atoms with Gasteiger partial charge in [-0.3, -0.25) is 9.89 Å². The molecule has 1 amide bonds. The highest BCUT2D eigenvalue weighted by Gasteiger charge is 2.50. The lowest BCUT2D eigenvalue weighted by Gasteiger charge is -2.36. The summed E-state index contributed by atoms with van der Waals surface area (Å²) in [6.45, 7) is 2.00. The number of carbonyl (C=O) groups excluding carboxylic acids is 1. The van der Waals surface area contributed by atoms with E-state index in [1.807, 2.05) is 67.7 Å². The summed E-state index contributed by atoms with van der Waals surface area (Å²) in [6, 6.07) is 15.6. The lowest BCUT2D eigenvalue weighted by atomic mass is 9.80. The molecule has 1 aliphatic carbocycles. The first-order valence-electron chi connectivity index (χ1n) is 13.5. The number of carbonyl (C=O) groups is 1. The second-order valence-electron chi connectivity index (χ2n) is 10.9. The van der Waals surface area contributed by atoms with Crippen LogP contribution in [-0.2, 0) is 17.9 Å². The fraction of sp³-hybridized carbons (Fsp3) is 0.333.